The van der Waals surface area contributed by atoms with Crippen molar-refractivity contribution in [1.82, 2.24) is 0 Å². The summed E-state index contributed by atoms with van der Waals surface area (Å²) in [4.78, 5) is 23.2. The van der Waals surface area contributed by atoms with Gasteiger partial charge in [-0.25, -0.2) is 0 Å². The molecule has 0 radical (unpaired) electrons. The molecule has 0 aliphatic carbocycles. The standard InChI is InChI=1S/C17H15NO2/c1-12(17(18)20)11-13-7-9-15(10-8-13)16(19)14-5-3-2-4-6-14/h2-11H,1H3,(H2,18,20)/b12-11+. The Bertz CT molecular complexity index is 655. The molecule has 0 aliphatic rings. The summed E-state index contributed by atoms with van der Waals surface area (Å²) in [6, 6.07) is 16.2. The van der Waals surface area contributed by atoms with E-state index in [1.165, 1.54) is 0 Å². The van der Waals surface area contributed by atoms with Gasteiger partial charge < -0.3 is 5.73 Å². The first-order valence-electron chi connectivity index (χ1n) is 6.26. The summed E-state index contributed by atoms with van der Waals surface area (Å²) in [6.07, 6.45) is 1.69. The number of benzene rings is 2. The molecule has 0 fully saturated rings. The minimum absolute atomic E-state index is 0.0206. The first-order valence-corrected chi connectivity index (χ1v) is 6.26. The quantitative estimate of drug-likeness (QED) is 0.682. The molecule has 0 aromatic heterocycles. The van der Waals surface area contributed by atoms with Crippen LogP contribution < -0.4 is 5.73 Å². The minimum atomic E-state index is -0.450. The highest BCUT2D eigenvalue weighted by molar-refractivity contribution is 6.09. The number of primary amides is 1. The highest BCUT2D eigenvalue weighted by atomic mass is 16.1. The Morgan fingerprint density at radius 1 is 0.900 bits per heavy atom. The van der Waals surface area contributed by atoms with Crippen molar-refractivity contribution >= 4 is 17.8 Å². The van der Waals surface area contributed by atoms with E-state index < -0.39 is 5.91 Å². The lowest BCUT2D eigenvalue weighted by Crippen LogP contribution is -2.11. The molecule has 2 N–H and O–H groups in total. The maximum absolute atomic E-state index is 12.2. The first kappa shape index (κ1) is 13.7. The number of rotatable bonds is 4. The van der Waals surface area contributed by atoms with E-state index in [4.69, 9.17) is 5.73 Å². The second kappa shape index (κ2) is 5.97. The van der Waals surface area contributed by atoms with E-state index in [1.807, 2.05) is 18.2 Å². The molecule has 2 rings (SSSR count). The number of carbonyl (C=O) groups excluding carboxylic acids is 2. The van der Waals surface area contributed by atoms with Gasteiger partial charge >= 0.3 is 0 Å². The predicted octanol–water partition coefficient (Wildman–Crippen LogP) is 2.81. The van der Waals surface area contributed by atoms with Crippen LogP contribution in [0.5, 0.6) is 0 Å². The zero-order valence-corrected chi connectivity index (χ0v) is 11.2. The summed E-state index contributed by atoms with van der Waals surface area (Å²) < 4.78 is 0. The fourth-order valence-electron chi connectivity index (χ4n) is 1.81. The Kier molecular flexibility index (Phi) is 4.11. The number of nitrogens with two attached hydrogens (primary N) is 1. The van der Waals surface area contributed by atoms with Crippen LogP contribution in [0.1, 0.15) is 28.4 Å². The molecule has 2 aromatic rings. The molecule has 3 nitrogen and oxygen atoms in total. The van der Waals surface area contributed by atoms with E-state index in [0.717, 1.165) is 5.56 Å². The van der Waals surface area contributed by atoms with Crippen LogP contribution in [0.15, 0.2) is 60.2 Å². The van der Waals surface area contributed by atoms with Gasteiger partial charge in [0.05, 0.1) is 0 Å². The molecule has 1 amide bonds. The molecular weight excluding hydrogens is 250 g/mol. The Labute approximate surface area is 117 Å². The van der Waals surface area contributed by atoms with Gasteiger partial charge in [-0.05, 0) is 18.6 Å². The average molecular weight is 265 g/mol. The van der Waals surface area contributed by atoms with Gasteiger partial charge in [-0.15, -0.1) is 0 Å². The van der Waals surface area contributed by atoms with E-state index >= 15 is 0 Å². The summed E-state index contributed by atoms with van der Waals surface area (Å²) in [5, 5.41) is 0. The highest BCUT2D eigenvalue weighted by Crippen LogP contribution is 2.13. The number of hydrogen-bond donors (Lipinski definition) is 1. The number of amides is 1. The lowest BCUT2D eigenvalue weighted by atomic mass is 10.0. The molecule has 20 heavy (non-hydrogen) atoms. The largest absolute Gasteiger partial charge is 0.366 e. The molecule has 3 heteroatoms. The van der Waals surface area contributed by atoms with E-state index in [0.29, 0.717) is 16.7 Å². The molecule has 0 atom stereocenters. The van der Waals surface area contributed by atoms with Crippen LogP contribution >= 0.6 is 0 Å². The fraction of sp³-hybridized carbons (Fsp3) is 0.0588. The molecule has 0 unspecified atom stereocenters. The van der Waals surface area contributed by atoms with E-state index in [1.54, 1.807) is 49.4 Å². The third kappa shape index (κ3) is 3.20. The lowest BCUT2D eigenvalue weighted by molar-refractivity contribution is -0.114. The molecule has 0 bridgehead atoms. The van der Waals surface area contributed by atoms with Crippen LogP contribution in [-0.4, -0.2) is 11.7 Å². The second-order valence-electron chi connectivity index (χ2n) is 4.51. The zero-order valence-electron chi connectivity index (χ0n) is 11.2. The van der Waals surface area contributed by atoms with E-state index in [-0.39, 0.29) is 5.78 Å². The van der Waals surface area contributed by atoms with E-state index in [9.17, 15) is 9.59 Å². The van der Waals surface area contributed by atoms with Crippen molar-refractivity contribution in [2.24, 2.45) is 5.73 Å². The molecule has 2 aromatic carbocycles. The third-order valence-electron chi connectivity index (χ3n) is 2.98. The van der Waals surface area contributed by atoms with Gasteiger partial charge in [0, 0.05) is 16.7 Å². The summed E-state index contributed by atoms with van der Waals surface area (Å²) in [6.45, 7) is 1.66. The highest BCUT2D eigenvalue weighted by Gasteiger charge is 2.07. The Balaban J connectivity index is 2.23. The van der Waals surface area contributed by atoms with Crippen LogP contribution in [0.4, 0.5) is 0 Å². The second-order valence-corrected chi connectivity index (χ2v) is 4.51. The lowest BCUT2D eigenvalue weighted by Gasteiger charge is -2.02. The Morgan fingerprint density at radius 2 is 1.45 bits per heavy atom. The van der Waals surface area contributed by atoms with Crippen LogP contribution in [0.25, 0.3) is 6.08 Å². The summed E-state index contributed by atoms with van der Waals surface area (Å²) in [5.41, 5.74) is 7.77. The number of carbonyl (C=O) groups is 2. The minimum Gasteiger partial charge on any atom is -0.366 e. The SMILES string of the molecule is C/C(=C\c1ccc(C(=O)c2ccccc2)cc1)C(N)=O. The summed E-state index contributed by atoms with van der Waals surface area (Å²) in [5.74, 6) is -0.470. The van der Waals surface area contributed by atoms with Crippen molar-refractivity contribution in [3.8, 4) is 0 Å². The first-order chi connectivity index (χ1) is 9.58. The van der Waals surface area contributed by atoms with Crippen LogP contribution in [0.3, 0.4) is 0 Å². The van der Waals surface area contributed by atoms with Crippen LogP contribution in [0.2, 0.25) is 0 Å². The summed E-state index contributed by atoms with van der Waals surface area (Å²) in [7, 11) is 0. The molecule has 0 saturated heterocycles. The average Bonchev–Trinajstić information content (AvgIpc) is 2.48. The van der Waals surface area contributed by atoms with Gasteiger partial charge in [0.1, 0.15) is 0 Å². The van der Waals surface area contributed by atoms with Gasteiger partial charge in [-0.3, -0.25) is 9.59 Å². The Morgan fingerprint density at radius 3 is 2.00 bits per heavy atom. The summed E-state index contributed by atoms with van der Waals surface area (Å²) >= 11 is 0. The molecule has 100 valence electrons. The van der Waals surface area contributed by atoms with Crippen molar-refractivity contribution in [3.63, 3.8) is 0 Å². The topological polar surface area (TPSA) is 60.2 Å². The third-order valence-corrected chi connectivity index (χ3v) is 2.98. The molecule has 0 heterocycles. The van der Waals surface area contributed by atoms with Crippen LogP contribution in [0, 0.1) is 0 Å². The van der Waals surface area contributed by atoms with Crippen molar-refractivity contribution in [3.05, 3.63) is 76.9 Å². The smallest absolute Gasteiger partial charge is 0.244 e. The zero-order chi connectivity index (χ0) is 14.5. The maximum Gasteiger partial charge on any atom is 0.244 e. The molecule has 0 saturated carbocycles. The molecule has 0 aliphatic heterocycles. The molecular formula is C17H15NO2. The van der Waals surface area contributed by atoms with Gasteiger partial charge in [-0.2, -0.15) is 0 Å². The van der Waals surface area contributed by atoms with Gasteiger partial charge in [0.15, 0.2) is 5.78 Å². The Hall–Kier alpha value is -2.68. The van der Waals surface area contributed by atoms with Gasteiger partial charge in [0.2, 0.25) is 5.91 Å². The monoisotopic (exact) mass is 265 g/mol. The van der Waals surface area contributed by atoms with Crippen molar-refractivity contribution in [2.45, 2.75) is 6.92 Å². The van der Waals surface area contributed by atoms with Crippen LogP contribution in [-0.2, 0) is 4.79 Å². The fourth-order valence-corrected chi connectivity index (χ4v) is 1.81. The van der Waals surface area contributed by atoms with Crippen molar-refractivity contribution in [2.75, 3.05) is 0 Å². The van der Waals surface area contributed by atoms with Gasteiger partial charge in [0.25, 0.3) is 0 Å². The number of ketones is 1. The van der Waals surface area contributed by atoms with Crippen molar-refractivity contribution < 1.29 is 9.59 Å². The normalized spacial score (nSPS) is 11.2. The maximum atomic E-state index is 12.2. The predicted molar refractivity (Wildman–Crippen MR) is 79.2 cm³/mol. The van der Waals surface area contributed by atoms with Crippen molar-refractivity contribution in [1.29, 1.82) is 0 Å². The molecule has 0 spiro atoms. The number of hydrogen-bond acceptors (Lipinski definition) is 2. The van der Waals surface area contributed by atoms with E-state index in [2.05, 4.69) is 0 Å². The van der Waals surface area contributed by atoms with Gasteiger partial charge in [-0.1, -0.05) is 54.6 Å².